The van der Waals surface area contributed by atoms with E-state index in [0.717, 1.165) is 10.9 Å². The number of benzene rings is 1. The van der Waals surface area contributed by atoms with E-state index < -0.39 is 0 Å². The van der Waals surface area contributed by atoms with Crippen molar-refractivity contribution in [2.24, 2.45) is 0 Å². The third kappa shape index (κ3) is 3.57. The third-order valence-electron chi connectivity index (χ3n) is 3.57. The molecule has 114 valence electrons. The van der Waals surface area contributed by atoms with Crippen LogP contribution in [0, 0.1) is 13.8 Å². The van der Waals surface area contributed by atoms with Crippen molar-refractivity contribution in [1.29, 1.82) is 0 Å². The van der Waals surface area contributed by atoms with Crippen molar-refractivity contribution in [3.63, 3.8) is 0 Å². The largest absolute Gasteiger partial charge is 0.343 e. The first-order valence-electron chi connectivity index (χ1n) is 7.09. The fraction of sp³-hybridized carbons (Fsp3) is 0.467. The highest BCUT2D eigenvalue weighted by atomic mass is 32.2. The zero-order valence-corrected chi connectivity index (χ0v) is 13.8. The van der Waals surface area contributed by atoms with Crippen molar-refractivity contribution in [3.05, 3.63) is 45.4 Å². The van der Waals surface area contributed by atoms with E-state index in [9.17, 15) is 4.79 Å². The van der Waals surface area contributed by atoms with Gasteiger partial charge in [0.25, 0.3) is 0 Å². The van der Waals surface area contributed by atoms with Crippen LogP contribution >= 0.6 is 11.8 Å². The van der Waals surface area contributed by atoms with E-state index in [2.05, 4.69) is 47.6 Å². The van der Waals surface area contributed by atoms with Gasteiger partial charge in [0.1, 0.15) is 0 Å². The highest BCUT2D eigenvalue weighted by molar-refractivity contribution is 7.99. The lowest BCUT2D eigenvalue weighted by Crippen LogP contribution is -2.21. The molecule has 0 bridgehead atoms. The number of H-pyrrole nitrogens is 1. The molecule has 1 unspecified atom stereocenters. The summed E-state index contributed by atoms with van der Waals surface area (Å²) in [5.74, 6) is 0.824. The lowest BCUT2D eigenvalue weighted by Gasteiger charge is -2.18. The van der Waals surface area contributed by atoms with Crippen molar-refractivity contribution in [1.82, 2.24) is 20.1 Å². The Morgan fingerprint density at radius 3 is 2.81 bits per heavy atom. The topological polar surface area (TPSA) is 62.7 Å². The minimum absolute atomic E-state index is 0.146. The second-order valence-corrected chi connectivity index (χ2v) is 6.06. The Morgan fingerprint density at radius 2 is 2.19 bits per heavy atom. The number of nitrogens with zero attached hydrogens (tertiary/aromatic N) is 2. The average Bonchev–Trinajstić information content (AvgIpc) is 2.81. The molecule has 21 heavy (non-hydrogen) atoms. The van der Waals surface area contributed by atoms with Gasteiger partial charge in [-0.3, -0.25) is 4.57 Å². The third-order valence-corrected chi connectivity index (χ3v) is 4.64. The van der Waals surface area contributed by atoms with Gasteiger partial charge in [-0.15, -0.1) is 5.10 Å². The maximum absolute atomic E-state index is 11.6. The monoisotopic (exact) mass is 306 g/mol. The first kappa shape index (κ1) is 15.9. The molecule has 0 aliphatic rings. The van der Waals surface area contributed by atoms with E-state index in [1.54, 1.807) is 16.3 Å². The summed E-state index contributed by atoms with van der Waals surface area (Å²) in [7, 11) is 1.96. The van der Waals surface area contributed by atoms with Crippen LogP contribution in [-0.2, 0) is 6.54 Å². The highest BCUT2D eigenvalue weighted by Gasteiger charge is 2.15. The zero-order chi connectivity index (χ0) is 15.4. The molecule has 0 amide bonds. The number of aryl methyl sites for hydroxylation is 2. The van der Waals surface area contributed by atoms with Gasteiger partial charge in [-0.25, -0.2) is 9.89 Å². The van der Waals surface area contributed by atoms with Gasteiger partial charge in [-0.2, -0.15) is 0 Å². The van der Waals surface area contributed by atoms with Gasteiger partial charge in [0.15, 0.2) is 5.16 Å². The Morgan fingerprint density at radius 1 is 1.43 bits per heavy atom. The quantitative estimate of drug-likeness (QED) is 0.804. The Balaban J connectivity index is 2.14. The summed E-state index contributed by atoms with van der Waals surface area (Å²) in [6.07, 6.45) is 0. The normalized spacial score (nSPS) is 12.6. The van der Waals surface area contributed by atoms with Crippen molar-refractivity contribution in [3.8, 4) is 0 Å². The molecule has 0 saturated carbocycles. The first-order valence-corrected chi connectivity index (χ1v) is 8.07. The molecule has 6 heteroatoms. The van der Waals surface area contributed by atoms with Crippen LogP contribution in [0.15, 0.2) is 28.2 Å². The molecule has 1 atom stereocenters. The maximum atomic E-state index is 11.6. The number of hydrogen-bond donors (Lipinski definition) is 2. The summed E-state index contributed by atoms with van der Waals surface area (Å²) in [5.41, 5.74) is 3.69. The number of hydrogen-bond acceptors (Lipinski definition) is 4. The summed E-state index contributed by atoms with van der Waals surface area (Å²) in [5, 5.41) is 10.7. The van der Waals surface area contributed by atoms with Crippen LogP contribution in [0.25, 0.3) is 0 Å². The van der Waals surface area contributed by atoms with E-state index in [-0.39, 0.29) is 11.7 Å². The van der Waals surface area contributed by atoms with Crippen molar-refractivity contribution in [2.75, 3.05) is 12.8 Å². The molecule has 0 fully saturated rings. The van der Waals surface area contributed by atoms with Crippen LogP contribution in [0.5, 0.6) is 0 Å². The number of aromatic nitrogens is 3. The summed E-state index contributed by atoms with van der Waals surface area (Å²) in [6.45, 7) is 6.81. The minimum atomic E-state index is -0.146. The van der Waals surface area contributed by atoms with Gasteiger partial charge >= 0.3 is 5.69 Å². The SMILES string of the molecule is CCn1c(SCC(NC)c2ccc(C)cc2C)n[nH]c1=O. The molecule has 0 spiro atoms. The van der Waals surface area contributed by atoms with Gasteiger partial charge in [-0.05, 0) is 38.9 Å². The molecule has 0 aliphatic carbocycles. The highest BCUT2D eigenvalue weighted by Crippen LogP contribution is 2.25. The lowest BCUT2D eigenvalue weighted by atomic mass is 10.0. The number of rotatable bonds is 6. The van der Waals surface area contributed by atoms with Gasteiger partial charge in [0, 0.05) is 18.3 Å². The van der Waals surface area contributed by atoms with Gasteiger partial charge in [0.05, 0.1) is 0 Å². The van der Waals surface area contributed by atoms with E-state index in [4.69, 9.17) is 0 Å². The van der Waals surface area contributed by atoms with Crippen LogP contribution < -0.4 is 11.0 Å². The van der Waals surface area contributed by atoms with Crippen molar-refractivity contribution >= 4 is 11.8 Å². The molecule has 2 rings (SSSR count). The molecule has 0 radical (unpaired) electrons. The second kappa shape index (κ2) is 6.95. The average molecular weight is 306 g/mol. The van der Waals surface area contributed by atoms with E-state index >= 15 is 0 Å². The number of aromatic amines is 1. The smallest absolute Gasteiger partial charge is 0.312 e. The number of nitrogens with one attached hydrogen (secondary N) is 2. The van der Waals surface area contributed by atoms with Gasteiger partial charge in [0.2, 0.25) is 0 Å². The summed E-state index contributed by atoms with van der Waals surface area (Å²) in [4.78, 5) is 11.6. The lowest BCUT2D eigenvalue weighted by molar-refractivity contribution is 0.643. The van der Waals surface area contributed by atoms with Crippen LogP contribution in [0.1, 0.15) is 29.7 Å². The predicted molar refractivity (Wildman–Crippen MR) is 87.0 cm³/mol. The Bertz CT molecular complexity index is 662. The van der Waals surface area contributed by atoms with E-state index in [0.29, 0.717) is 6.54 Å². The predicted octanol–water partition coefficient (Wildman–Crippen LogP) is 2.26. The fourth-order valence-corrected chi connectivity index (χ4v) is 3.54. The van der Waals surface area contributed by atoms with Crippen LogP contribution in [0.3, 0.4) is 0 Å². The van der Waals surface area contributed by atoms with Crippen LogP contribution in [-0.4, -0.2) is 27.6 Å². The molecular weight excluding hydrogens is 284 g/mol. The second-order valence-electron chi connectivity index (χ2n) is 5.07. The minimum Gasteiger partial charge on any atom is -0.312 e. The first-order chi connectivity index (χ1) is 10.1. The van der Waals surface area contributed by atoms with Crippen molar-refractivity contribution < 1.29 is 0 Å². The van der Waals surface area contributed by atoms with Gasteiger partial charge in [-0.1, -0.05) is 35.5 Å². The zero-order valence-electron chi connectivity index (χ0n) is 12.9. The molecular formula is C15H22N4OS. The Labute approximate surface area is 129 Å². The van der Waals surface area contributed by atoms with Crippen LogP contribution in [0.2, 0.25) is 0 Å². The summed E-state index contributed by atoms with van der Waals surface area (Å²) >= 11 is 1.59. The van der Waals surface area contributed by atoms with E-state index in [1.165, 1.54) is 16.7 Å². The molecule has 0 saturated heterocycles. The summed E-state index contributed by atoms with van der Waals surface area (Å²) < 4.78 is 1.65. The molecule has 0 aliphatic heterocycles. The molecule has 1 heterocycles. The fourth-order valence-electron chi connectivity index (χ4n) is 2.40. The standard InChI is InChI=1S/C15H22N4OS/c1-5-19-14(20)17-18-15(19)21-9-13(16-4)12-7-6-10(2)8-11(12)3/h6-8,13,16H,5,9H2,1-4H3,(H,17,20). The molecule has 5 nitrogen and oxygen atoms in total. The van der Waals surface area contributed by atoms with Crippen molar-refractivity contribution in [2.45, 2.75) is 38.5 Å². The maximum Gasteiger partial charge on any atom is 0.343 e. The molecule has 1 aromatic carbocycles. The van der Waals surface area contributed by atoms with Crippen LogP contribution in [0.4, 0.5) is 0 Å². The van der Waals surface area contributed by atoms with E-state index in [1.807, 2.05) is 14.0 Å². The van der Waals surface area contributed by atoms with Gasteiger partial charge < -0.3 is 5.32 Å². The number of thioether (sulfide) groups is 1. The molecule has 2 aromatic rings. The molecule has 1 aromatic heterocycles. The Kier molecular flexibility index (Phi) is 5.25. The molecule has 2 N–H and O–H groups in total. The summed E-state index contributed by atoms with van der Waals surface area (Å²) in [6, 6.07) is 6.73. The Hall–Kier alpha value is -1.53.